The van der Waals surface area contributed by atoms with Crippen LogP contribution in [-0.2, 0) is 8.92 Å². The zero-order chi connectivity index (χ0) is 18.4. The van der Waals surface area contributed by atoms with Gasteiger partial charge < -0.3 is 8.92 Å². The SMILES string of the molecule is [3H]PSOC[C@H]1O[C@@H](n2ccc(=O)[nH]c2=O)C[C@@H]1/C=C/c1ccccc1. The Morgan fingerprint density at radius 1 is 1.40 bits per heavy atom. The summed E-state index contributed by atoms with van der Waals surface area (Å²) in [5, 5.41) is 0. The van der Waals surface area contributed by atoms with E-state index >= 15 is 0 Å². The predicted molar refractivity (Wildman–Crippen MR) is 102 cm³/mol. The van der Waals surface area contributed by atoms with Gasteiger partial charge in [0.05, 0.1) is 14.0 Å². The van der Waals surface area contributed by atoms with Gasteiger partial charge in [-0.1, -0.05) is 42.5 Å². The lowest BCUT2D eigenvalue weighted by Gasteiger charge is -2.15. The summed E-state index contributed by atoms with van der Waals surface area (Å²) in [5.41, 5.74) is 0.160. The molecule has 0 aliphatic carbocycles. The Balaban J connectivity index is 1.77. The predicted octanol–water partition coefficient (Wildman–Crippen LogP) is 2.61. The maximum Gasteiger partial charge on any atom is 0.330 e. The van der Waals surface area contributed by atoms with Crippen LogP contribution in [0, 0.1) is 5.92 Å². The summed E-state index contributed by atoms with van der Waals surface area (Å²) in [6, 6.07) is 11.2. The Hall–Kier alpha value is -1.66. The molecule has 3 rings (SSSR count). The first-order valence-electron chi connectivity index (χ1n) is 8.33. The summed E-state index contributed by atoms with van der Waals surface area (Å²) in [5.74, 6) is 0.0497. The lowest BCUT2D eigenvalue weighted by atomic mass is 9.99. The van der Waals surface area contributed by atoms with Crippen molar-refractivity contribution in [2.75, 3.05) is 6.61 Å². The van der Waals surface area contributed by atoms with Crippen molar-refractivity contribution < 1.29 is 8.92 Å². The fourth-order valence-corrected chi connectivity index (χ4v) is 3.25. The van der Waals surface area contributed by atoms with Crippen molar-refractivity contribution in [1.29, 1.82) is 1.28 Å². The lowest BCUT2D eigenvalue weighted by Crippen LogP contribution is -2.31. The first-order valence-corrected chi connectivity index (χ1v) is 9.79. The number of ether oxygens (including phenoxy) is 1. The van der Waals surface area contributed by atoms with E-state index in [1.54, 1.807) is 0 Å². The van der Waals surface area contributed by atoms with E-state index in [1.807, 2.05) is 36.4 Å². The molecule has 0 saturated carbocycles. The number of aromatic nitrogens is 2. The van der Waals surface area contributed by atoms with Gasteiger partial charge in [0.1, 0.15) is 6.23 Å². The second kappa shape index (κ2) is 8.63. The zero-order valence-electron chi connectivity index (χ0n) is 14.3. The average Bonchev–Trinajstić information content (AvgIpc) is 3.04. The summed E-state index contributed by atoms with van der Waals surface area (Å²) in [6.07, 6.45) is 5.43. The minimum absolute atomic E-state index is 0.0497. The molecular formula is C17H19N2O4PS. The number of hydrogen-bond donors (Lipinski definition) is 1. The molecular weight excluding hydrogens is 359 g/mol. The summed E-state index contributed by atoms with van der Waals surface area (Å²) in [7, 11) is -0.110. The van der Waals surface area contributed by atoms with Gasteiger partial charge in [0.25, 0.3) is 5.56 Å². The summed E-state index contributed by atoms with van der Waals surface area (Å²) < 4.78 is 20.0. The molecule has 2 heterocycles. The molecule has 6 nitrogen and oxygen atoms in total. The Morgan fingerprint density at radius 3 is 3.00 bits per heavy atom. The van der Waals surface area contributed by atoms with Crippen LogP contribution in [0.2, 0.25) is 0 Å². The van der Waals surface area contributed by atoms with E-state index in [2.05, 4.69) is 11.1 Å². The number of benzene rings is 1. The highest BCUT2D eigenvalue weighted by atomic mass is 32.7. The van der Waals surface area contributed by atoms with Crippen LogP contribution in [0.4, 0.5) is 0 Å². The van der Waals surface area contributed by atoms with Crippen molar-refractivity contribution in [3.05, 3.63) is 75.1 Å². The Bertz CT molecular complexity index is 858. The topological polar surface area (TPSA) is 73.3 Å². The van der Waals surface area contributed by atoms with Crippen molar-refractivity contribution in [2.24, 2.45) is 5.92 Å². The molecule has 0 amide bonds. The van der Waals surface area contributed by atoms with E-state index in [-0.39, 0.29) is 20.4 Å². The monoisotopic (exact) mass is 380 g/mol. The number of H-pyrrole nitrogens is 1. The first kappa shape index (κ1) is 16.8. The summed E-state index contributed by atoms with van der Waals surface area (Å²) in [6.45, 7) is 0.328. The third-order valence-electron chi connectivity index (χ3n) is 4.07. The molecule has 1 aliphatic rings. The molecule has 1 aliphatic heterocycles. The van der Waals surface area contributed by atoms with Crippen molar-refractivity contribution >= 4 is 26.1 Å². The van der Waals surface area contributed by atoms with Gasteiger partial charge in [-0.2, -0.15) is 0 Å². The molecule has 2 aromatic rings. The second-order valence-electron chi connectivity index (χ2n) is 5.68. The maximum absolute atomic E-state index is 12.0. The van der Waals surface area contributed by atoms with Gasteiger partial charge in [0.15, 0.2) is 0 Å². The van der Waals surface area contributed by atoms with Crippen molar-refractivity contribution in [3.63, 3.8) is 0 Å². The molecule has 132 valence electrons. The fraction of sp³-hybridized carbons (Fsp3) is 0.294. The molecule has 1 fully saturated rings. The van der Waals surface area contributed by atoms with E-state index in [1.165, 1.54) is 16.8 Å². The standard InChI is InChI=1S/C17H19N2O4PS/c20-15-8-9-19(17(21)18-15)16-10-13(14(23-16)11-22-25-24)7-6-12-4-2-1-3-5-12/h1-9,13-14,16H,10-11,24H2,(H,18,20,21)/b7-6+/t13-,14+,16+/m0/s1/i24T/t13-,14+,16+,24?. The van der Waals surface area contributed by atoms with Crippen molar-refractivity contribution in [1.82, 2.24) is 9.55 Å². The van der Waals surface area contributed by atoms with Crippen LogP contribution in [0.25, 0.3) is 6.08 Å². The van der Waals surface area contributed by atoms with Crippen molar-refractivity contribution in [2.45, 2.75) is 18.8 Å². The molecule has 1 aromatic heterocycles. The van der Waals surface area contributed by atoms with Crippen LogP contribution in [0.5, 0.6) is 0 Å². The largest absolute Gasteiger partial charge is 0.352 e. The lowest BCUT2D eigenvalue weighted by molar-refractivity contribution is -0.0213. The highest BCUT2D eigenvalue weighted by molar-refractivity contribution is 8.40. The maximum atomic E-state index is 12.0. The van der Waals surface area contributed by atoms with E-state index in [9.17, 15) is 9.59 Å². The minimum Gasteiger partial charge on any atom is -0.352 e. The van der Waals surface area contributed by atoms with Gasteiger partial charge in [0, 0.05) is 36.3 Å². The molecule has 1 unspecified atom stereocenters. The van der Waals surface area contributed by atoms with Crippen LogP contribution in [0.1, 0.15) is 18.2 Å². The van der Waals surface area contributed by atoms with Gasteiger partial charge in [0.2, 0.25) is 0 Å². The molecule has 0 radical (unpaired) electrons. The molecule has 25 heavy (non-hydrogen) atoms. The number of nitrogens with one attached hydrogen (secondary N) is 1. The second-order valence-corrected chi connectivity index (χ2v) is 6.59. The van der Waals surface area contributed by atoms with E-state index in [4.69, 9.17) is 10.2 Å². The smallest absolute Gasteiger partial charge is 0.330 e. The fourth-order valence-electron chi connectivity index (χ4n) is 2.84. The van der Waals surface area contributed by atoms with Gasteiger partial charge in [-0.15, -0.1) is 0 Å². The number of rotatable bonds is 7. The summed E-state index contributed by atoms with van der Waals surface area (Å²) in [4.78, 5) is 25.5. The average molecular weight is 380 g/mol. The van der Waals surface area contributed by atoms with Crippen LogP contribution >= 0.6 is 20.0 Å². The number of nitrogens with zero attached hydrogens (tertiary/aromatic N) is 1. The number of aromatic amines is 1. The van der Waals surface area contributed by atoms with Gasteiger partial charge in [-0.3, -0.25) is 14.3 Å². The molecule has 0 spiro atoms. The Kier molecular flexibility index (Phi) is 5.79. The van der Waals surface area contributed by atoms with E-state index in [0.29, 0.717) is 13.0 Å². The first-order chi connectivity index (χ1) is 12.7. The van der Waals surface area contributed by atoms with Crippen LogP contribution in [0.3, 0.4) is 0 Å². The Labute approximate surface area is 152 Å². The normalized spacial score (nSPS) is 24.3. The van der Waals surface area contributed by atoms with Gasteiger partial charge in [-0.25, -0.2) is 4.79 Å². The Morgan fingerprint density at radius 2 is 2.24 bits per heavy atom. The van der Waals surface area contributed by atoms with Crippen LogP contribution in [-0.4, -0.2) is 23.5 Å². The van der Waals surface area contributed by atoms with Crippen molar-refractivity contribution in [3.8, 4) is 0 Å². The molecule has 4 atom stereocenters. The third kappa shape index (κ3) is 4.70. The van der Waals surface area contributed by atoms with E-state index in [0.717, 1.165) is 17.2 Å². The van der Waals surface area contributed by atoms with Crippen LogP contribution < -0.4 is 11.2 Å². The molecule has 1 N–H and O–H groups in total. The van der Waals surface area contributed by atoms with E-state index < -0.39 is 17.5 Å². The molecule has 0 bridgehead atoms. The summed E-state index contributed by atoms with van der Waals surface area (Å²) >= 11 is 1.09. The minimum atomic E-state index is -0.489. The van der Waals surface area contributed by atoms with Gasteiger partial charge >= 0.3 is 5.69 Å². The molecule has 1 saturated heterocycles. The van der Waals surface area contributed by atoms with Crippen LogP contribution in [0.15, 0.2) is 58.3 Å². The highest BCUT2D eigenvalue weighted by Gasteiger charge is 2.35. The third-order valence-corrected chi connectivity index (χ3v) is 4.68. The number of hydrogen-bond acceptors (Lipinski definition) is 5. The molecule has 8 heteroatoms. The zero-order valence-corrected chi connectivity index (χ0v) is 15.1. The van der Waals surface area contributed by atoms with Gasteiger partial charge in [-0.05, 0) is 14.0 Å². The quantitative estimate of drug-likeness (QED) is 0.454. The highest BCUT2D eigenvalue weighted by Crippen LogP contribution is 2.35. The molecule has 1 aromatic carbocycles.